The molecule has 0 aliphatic carbocycles. The summed E-state index contributed by atoms with van der Waals surface area (Å²) in [5.41, 5.74) is 0. The maximum atomic E-state index is 10.6. The molecule has 0 saturated carbocycles. The van der Waals surface area contributed by atoms with Crippen LogP contribution >= 0.6 is 0 Å². The van der Waals surface area contributed by atoms with Gasteiger partial charge in [0.2, 0.25) is 0 Å². The minimum atomic E-state index is -2.61. The van der Waals surface area contributed by atoms with Crippen molar-refractivity contribution in [2.45, 2.75) is 19.1 Å². The summed E-state index contributed by atoms with van der Waals surface area (Å²) >= 11 is 0. The third kappa shape index (κ3) is 0.652. The molecule has 2 nitrogen and oxygen atoms in total. The van der Waals surface area contributed by atoms with Crippen LogP contribution < -0.4 is 0 Å². The highest BCUT2D eigenvalue weighted by molar-refractivity contribution is 7.93. The van der Waals surface area contributed by atoms with Crippen LogP contribution in [0.5, 0.6) is 0 Å². The third-order valence-electron chi connectivity index (χ3n) is 1.86. The van der Waals surface area contributed by atoms with Gasteiger partial charge in [0.15, 0.2) is 9.84 Å². The van der Waals surface area contributed by atoms with Crippen LogP contribution in [0.25, 0.3) is 0 Å². The predicted octanol–water partition coefficient (Wildman–Crippen LogP) is 0.439. The molecule has 0 N–H and O–H groups in total. The number of sulfone groups is 1. The number of rotatable bonds is 0. The van der Waals surface area contributed by atoms with Crippen molar-refractivity contribution in [1.82, 2.24) is 0 Å². The van der Waals surface area contributed by atoms with Crippen molar-refractivity contribution < 1.29 is 8.42 Å². The smallest absolute Gasteiger partial charge is 0.153 e. The zero-order chi connectivity index (χ0) is 6.36. The molecule has 3 heteroatoms. The zero-order valence-electron chi connectivity index (χ0n) is 5.09. The Balaban J connectivity index is 2.75. The van der Waals surface area contributed by atoms with Gasteiger partial charge in [0.25, 0.3) is 0 Å². The maximum Gasteiger partial charge on any atom is 0.153 e. The topological polar surface area (TPSA) is 34.1 Å². The SMILES string of the molecule is CC1CS(=O)(=O)[C@H]1C. The Morgan fingerprint density at radius 2 is 1.88 bits per heavy atom. The second-order valence-electron chi connectivity index (χ2n) is 2.51. The van der Waals surface area contributed by atoms with Crippen LogP contribution in [0.1, 0.15) is 13.8 Å². The molecule has 0 radical (unpaired) electrons. The van der Waals surface area contributed by atoms with Gasteiger partial charge in [-0.05, 0) is 12.8 Å². The molecule has 1 aliphatic heterocycles. The Morgan fingerprint density at radius 1 is 1.38 bits per heavy atom. The molecule has 1 saturated heterocycles. The molecule has 1 fully saturated rings. The zero-order valence-corrected chi connectivity index (χ0v) is 5.90. The lowest BCUT2D eigenvalue weighted by Gasteiger charge is -2.29. The summed E-state index contributed by atoms with van der Waals surface area (Å²) in [5.74, 6) is 0.786. The van der Waals surface area contributed by atoms with Crippen LogP contribution in [-0.4, -0.2) is 19.4 Å². The molecule has 2 atom stereocenters. The van der Waals surface area contributed by atoms with Gasteiger partial charge in [-0.3, -0.25) is 0 Å². The lowest BCUT2D eigenvalue weighted by molar-refractivity contribution is 0.491. The average Bonchev–Trinajstić information content (AvgIpc) is 1.65. The molecule has 0 aromatic carbocycles. The van der Waals surface area contributed by atoms with Gasteiger partial charge in [-0.15, -0.1) is 0 Å². The summed E-state index contributed by atoms with van der Waals surface area (Å²) < 4.78 is 21.3. The molecular formula is C5H10O2S. The first kappa shape index (κ1) is 6.08. The Morgan fingerprint density at radius 3 is 1.88 bits per heavy atom. The van der Waals surface area contributed by atoms with E-state index in [4.69, 9.17) is 0 Å². The van der Waals surface area contributed by atoms with Gasteiger partial charge in [-0.2, -0.15) is 0 Å². The van der Waals surface area contributed by atoms with Crippen molar-refractivity contribution in [2.24, 2.45) is 5.92 Å². The van der Waals surface area contributed by atoms with Gasteiger partial charge in [0.05, 0.1) is 11.0 Å². The van der Waals surface area contributed by atoms with Crippen molar-refractivity contribution in [3.63, 3.8) is 0 Å². The molecule has 0 aromatic heterocycles. The second-order valence-corrected chi connectivity index (χ2v) is 4.91. The van der Waals surface area contributed by atoms with Crippen LogP contribution in [0.15, 0.2) is 0 Å². The molecule has 8 heavy (non-hydrogen) atoms. The van der Waals surface area contributed by atoms with E-state index >= 15 is 0 Å². The minimum absolute atomic E-state index is 0.0810. The Kier molecular flexibility index (Phi) is 1.11. The molecule has 1 heterocycles. The van der Waals surface area contributed by atoms with Crippen LogP contribution in [0, 0.1) is 5.92 Å². The van der Waals surface area contributed by atoms with Crippen molar-refractivity contribution in [2.75, 3.05) is 5.75 Å². The molecule has 0 amide bonds. The van der Waals surface area contributed by atoms with Gasteiger partial charge in [-0.25, -0.2) is 8.42 Å². The summed E-state index contributed by atoms with van der Waals surface area (Å²) in [5, 5.41) is -0.0810. The molecule has 0 aromatic rings. The Bertz CT molecular complexity index is 181. The van der Waals surface area contributed by atoms with Gasteiger partial charge in [0, 0.05) is 0 Å². The van der Waals surface area contributed by atoms with E-state index in [1.165, 1.54) is 0 Å². The first-order valence-electron chi connectivity index (χ1n) is 2.75. The molecule has 48 valence electrons. The van der Waals surface area contributed by atoms with E-state index in [9.17, 15) is 8.42 Å². The Labute approximate surface area is 49.8 Å². The highest BCUT2D eigenvalue weighted by atomic mass is 32.2. The number of hydrogen-bond acceptors (Lipinski definition) is 2. The first-order chi connectivity index (χ1) is 3.54. The summed E-state index contributed by atoms with van der Waals surface area (Å²) in [6.45, 7) is 3.73. The van der Waals surface area contributed by atoms with Crippen LogP contribution in [0.4, 0.5) is 0 Å². The first-order valence-corrected chi connectivity index (χ1v) is 4.47. The second kappa shape index (κ2) is 1.47. The summed E-state index contributed by atoms with van der Waals surface area (Å²) in [4.78, 5) is 0. The van der Waals surface area contributed by atoms with E-state index in [0.717, 1.165) is 0 Å². The van der Waals surface area contributed by atoms with E-state index in [1.807, 2.05) is 6.92 Å². The van der Waals surface area contributed by atoms with E-state index in [1.54, 1.807) is 6.92 Å². The van der Waals surface area contributed by atoms with Gasteiger partial charge in [-0.1, -0.05) is 6.92 Å². The van der Waals surface area contributed by atoms with E-state index in [-0.39, 0.29) is 5.25 Å². The standard InChI is InChI=1S/C5H10O2S/c1-4-3-8(6,7)5(4)2/h4-5H,3H2,1-2H3/t4?,5-/m0/s1. The third-order valence-corrected chi connectivity index (χ3v) is 4.45. The molecule has 1 rings (SSSR count). The van der Waals surface area contributed by atoms with Crippen molar-refractivity contribution in [1.29, 1.82) is 0 Å². The van der Waals surface area contributed by atoms with Crippen LogP contribution in [-0.2, 0) is 9.84 Å². The monoisotopic (exact) mass is 134 g/mol. The number of hydrogen-bond donors (Lipinski definition) is 0. The minimum Gasteiger partial charge on any atom is -0.229 e. The quantitative estimate of drug-likeness (QED) is 0.481. The van der Waals surface area contributed by atoms with Crippen LogP contribution in [0.2, 0.25) is 0 Å². The molecule has 1 aliphatic rings. The lowest BCUT2D eigenvalue weighted by atomic mass is 10.1. The van der Waals surface area contributed by atoms with Crippen molar-refractivity contribution in [3.8, 4) is 0 Å². The highest BCUT2D eigenvalue weighted by Crippen LogP contribution is 2.26. The maximum absolute atomic E-state index is 10.6. The summed E-state index contributed by atoms with van der Waals surface area (Å²) in [6.07, 6.45) is 0. The fourth-order valence-electron chi connectivity index (χ4n) is 0.885. The average molecular weight is 134 g/mol. The van der Waals surface area contributed by atoms with Gasteiger partial charge < -0.3 is 0 Å². The van der Waals surface area contributed by atoms with Crippen LogP contribution in [0.3, 0.4) is 0 Å². The normalized spacial score (nSPS) is 43.2. The highest BCUT2D eigenvalue weighted by Gasteiger charge is 2.38. The van der Waals surface area contributed by atoms with Gasteiger partial charge in [0.1, 0.15) is 0 Å². The Hall–Kier alpha value is -0.0500. The van der Waals surface area contributed by atoms with E-state index in [2.05, 4.69) is 0 Å². The summed E-state index contributed by atoms with van der Waals surface area (Å²) in [7, 11) is -2.61. The van der Waals surface area contributed by atoms with Crippen molar-refractivity contribution in [3.05, 3.63) is 0 Å². The van der Waals surface area contributed by atoms with Gasteiger partial charge >= 0.3 is 0 Å². The molecule has 0 bridgehead atoms. The fourth-order valence-corrected chi connectivity index (χ4v) is 2.66. The molecular weight excluding hydrogens is 124 g/mol. The lowest BCUT2D eigenvalue weighted by Crippen LogP contribution is -2.43. The predicted molar refractivity (Wildman–Crippen MR) is 32.4 cm³/mol. The molecule has 1 unspecified atom stereocenters. The van der Waals surface area contributed by atoms with Crippen molar-refractivity contribution >= 4 is 9.84 Å². The largest absolute Gasteiger partial charge is 0.229 e. The summed E-state index contributed by atoms with van der Waals surface area (Å²) in [6, 6.07) is 0. The van der Waals surface area contributed by atoms with E-state index in [0.29, 0.717) is 11.7 Å². The fraction of sp³-hybridized carbons (Fsp3) is 1.00. The van der Waals surface area contributed by atoms with E-state index < -0.39 is 9.84 Å². The molecule has 0 spiro atoms.